The molecule has 0 aromatic carbocycles. The van der Waals surface area contributed by atoms with E-state index in [0.29, 0.717) is 5.92 Å². The van der Waals surface area contributed by atoms with E-state index in [2.05, 4.69) is 13.8 Å². The zero-order valence-corrected chi connectivity index (χ0v) is 19.9. The highest BCUT2D eigenvalue weighted by Crippen LogP contribution is 2.21. The molecule has 0 bridgehead atoms. The smallest absolute Gasteiger partial charge is 0.152 e. The molecule has 0 aliphatic carbocycles. The number of Topliss-reactive ketones (excluding diaryl/α,β-unsaturated/α-hetero) is 3. The lowest BCUT2D eigenvalue weighted by atomic mass is 9.88. The standard InChI is InChI=1S/C24H45NO3/c1-17(2)13-11-10-12-14-20(23(28)19(5)6)25(15-21(26)18(3)4)16-22(27)24(7,8)9/h17-20H,10-16H2,1-9H3. The van der Waals surface area contributed by atoms with E-state index in [1.54, 1.807) is 0 Å². The Labute approximate surface area is 173 Å². The lowest BCUT2D eigenvalue weighted by Crippen LogP contribution is -2.49. The van der Waals surface area contributed by atoms with Gasteiger partial charge in [-0.15, -0.1) is 0 Å². The van der Waals surface area contributed by atoms with E-state index in [4.69, 9.17) is 0 Å². The van der Waals surface area contributed by atoms with E-state index in [-0.39, 0.29) is 48.3 Å². The molecule has 0 radical (unpaired) electrons. The highest BCUT2D eigenvalue weighted by atomic mass is 16.1. The maximum atomic E-state index is 13.0. The lowest BCUT2D eigenvalue weighted by Gasteiger charge is -2.33. The average Bonchev–Trinajstić information content (AvgIpc) is 2.55. The van der Waals surface area contributed by atoms with Crippen molar-refractivity contribution in [3.05, 3.63) is 0 Å². The molecule has 0 saturated heterocycles. The highest BCUT2D eigenvalue weighted by molar-refractivity contribution is 5.90. The summed E-state index contributed by atoms with van der Waals surface area (Å²) in [5, 5.41) is 0. The number of carbonyl (C=O) groups excluding carboxylic acids is 3. The molecule has 0 aromatic rings. The molecule has 0 spiro atoms. The van der Waals surface area contributed by atoms with E-state index >= 15 is 0 Å². The van der Waals surface area contributed by atoms with E-state index in [9.17, 15) is 14.4 Å². The van der Waals surface area contributed by atoms with Gasteiger partial charge in [0.25, 0.3) is 0 Å². The Balaban J connectivity index is 5.39. The van der Waals surface area contributed by atoms with Gasteiger partial charge in [-0.1, -0.05) is 88.0 Å². The van der Waals surface area contributed by atoms with Gasteiger partial charge in [-0.2, -0.15) is 0 Å². The topological polar surface area (TPSA) is 54.5 Å². The van der Waals surface area contributed by atoms with Crippen molar-refractivity contribution in [3.8, 4) is 0 Å². The molecule has 1 unspecified atom stereocenters. The van der Waals surface area contributed by atoms with E-state index in [1.165, 1.54) is 6.42 Å². The molecule has 164 valence electrons. The zero-order valence-electron chi connectivity index (χ0n) is 19.9. The third-order valence-electron chi connectivity index (χ3n) is 5.28. The van der Waals surface area contributed by atoms with Gasteiger partial charge in [-0.3, -0.25) is 19.3 Å². The number of nitrogens with zero attached hydrogens (tertiary/aromatic N) is 1. The number of carbonyl (C=O) groups is 3. The third-order valence-corrected chi connectivity index (χ3v) is 5.28. The predicted molar refractivity (Wildman–Crippen MR) is 117 cm³/mol. The normalized spacial score (nSPS) is 13.6. The molecule has 0 aliphatic heterocycles. The van der Waals surface area contributed by atoms with Crippen molar-refractivity contribution in [2.45, 2.75) is 100 Å². The first kappa shape index (κ1) is 27.0. The molecule has 0 heterocycles. The average molecular weight is 396 g/mol. The van der Waals surface area contributed by atoms with Crippen LogP contribution in [0.3, 0.4) is 0 Å². The summed E-state index contributed by atoms with van der Waals surface area (Å²) < 4.78 is 0. The summed E-state index contributed by atoms with van der Waals surface area (Å²) >= 11 is 0. The van der Waals surface area contributed by atoms with E-state index in [0.717, 1.165) is 25.7 Å². The van der Waals surface area contributed by atoms with Crippen molar-refractivity contribution < 1.29 is 14.4 Å². The molecule has 0 aliphatic rings. The Kier molecular flexibility index (Phi) is 12.1. The van der Waals surface area contributed by atoms with Gasteiger partial charge in [0.15, 0.2) is 11.6 Å². The minimum absolute atomic E-state index is 0.0745. The molecule has 0 N–H and O–H groups in total. The number of rotatable bonds is 14. The van der Waals surface area contributed by atoms with Gasteiger partial charge in [0, 0.05) is 17.3 Å². The van der Waals surface area contributed by atoms with Crippen LogP contribution in [0.1, 0.15) is 94.4 Å². The molecule has 4 nitrogen and oxygen atoms in total. The first-order valence-corrected chi connectivity index (χ1v) is 11.1. The molecule has 0 amide bonds. The molecular formula is C24H45NO3. The third kappa shape index (κ3) is 10.5. The van der Waals surface area contributed by atoms with Crippen LogP contribution in [-0.2, 0) is 14.4 Å². The summed E-state index contributed by atoms with van der Waals surface area (Å²) in [6.07, 6.45) is 5.11. The van der Waals surface area contributed by atoms with Crippen LogP contribution >= 0.6 is 0 Å². The summed E-state index contributed by atoms with van der Waals surface area (Å²) in [6, 6.07) is -0.354. The first-order chi connectivity index (χ1) is 12.8. The van der Waals surface area contributed by atoms with Gasteiger partial charge in [0.1, 0.15) is 5.78 Å². The van der Waals surface area contributed by atoms with Crippen LogP contribution in [0.5, 0.6) is 0 Å². The molecule has 0 rings (SSSR count). The Morgan fingerprint density at radius 2 is 1.29 bits per heavy atom. The second kappa shape index (κ2) is 12.5. The molecule has 28 heavy (non-hydrogen) atoms. The summed E-state index contributed by atoms with van der Waals surface area (Å²) in [4.78, 5) is 40.0. The zero-order chi connectivity index (χ0) is 22.1. The Hall–Kier alpha value is -1.03. The van der Waals surface area contributed by atoms with E-state index < -0.39 is 5.41 Å². The monoisotopic (exact) mass is 395 g/mol. The number of unbranched alkanes of at least 4 members (excludes halogenated alkanes) is 2. The summed E-state index contributed by atoms with van der Waals surface area (Å²) in [5.74, 6) is 0.781. The van der Waals surface area contributed by atoms with Gasteiger partial charge < -0.3 is 0 Å². The Morgan fingerprint density at radius 3 is 1.71 bits per heavy atom. The fourth-order valence-corrected chi connectivity index (χ4v) is 3.04. The van der Waals surface area contributed by atoms with Crippen LogP contribution in [0.4, 0.5) is 0 Å². The Morgan fingerprint density at radius 1 is 0.750 bits per heavy atom. The van der Waals surface area contributed by atoms with Crippen LogP contribution in [0, 0.1) is 23.2 Å². The molecular weight excluding hydrogens is 350 g/mol. The SMILES string of the molecule is CC(C)CCCCCC(C(=O)C(C)C)N(CC(=O)C(C)C)CC(=O)C(C)(C)C. The predicted octanol–water partition coefficient (Wildman–Crippen LogP) is 5.33. The minimum atomic E-state index is -0.484. The summed E-state index contributed by atoms with van der Waals surface area (Å²) in [5.41, 5.74) is -0.484. The van der Waals surface area contributed by atoms with Crippen molar-refractivity contribution in [2.24, 2.45) is 23.2 Å². The first-order valence-electron chi connectivity index (χ1n) is 11.1. The molecule has 4 heteroatoms. The summed E-state index contributed by atoms with van der Waals surface area (Å²) in [6.45, 7) is 18.0. The number of hydrogen-bond donors (Lipinski definition) is 0. The van der Waals surface area contributed by atoms with Crippen LogP contribution in [0.2, 0.25) is 0 Å². The molecule has 0 aromatic heterocycles. The quantitative estimate of drug-likeness (QED) is 0.373. The number of ketones is 3. The Bertz CT molecular complexity index is 500. The maximum Gasteiger partial charge on any atom is 0.152 e. The summed E-state index contributed by atoms with van der Waals surface area (Å²) in [7, 11) is 0. The fourth-order valence-electron chi connectivity index (χ4n) is 3.04. The van der Waals surface area contributed by atoms with Gasteiger partial charge in [0.2, 0.25) is 0 Å². The van der Waals surface area contributed by atoms with Gasteiger partial charge in [-0.05, 0) is 12.3 Å². The van der Waals surface area contributed by atoms with Crippen LogP contribution in [0.15, 0.2) is 0 Å². The molecule has 0 saturated carbocycles. The van der Waals surface area contributed by atoms with Crippen LogP contribution in [0.25, 0.3) is 0 Å². The maximum absolute atomic E-state index is 13.0. The second-order valence-electron chi connectivity index (χ2n) is 10.3. The number of hydrogen-bond acceptors (Lipinski definition) is 4. The largest absolute Gasteiger partial charge is 0.298 e. The van der Waals surface area contributed by atoms with E-state index in [1.807, 2.05) is 53.4 Å². The van der Waals surface area contributed by atoms with Gasteiger partial charge in [0.05, 0.1) is 19.1 Å². The van der Waals surface area contributed by atoms with Crippen molar-refractivity contribution in [1.29, 1.82) is 0 Å². The molecule has 0 fully saturated rings. The van der Waals surface area contributed by atoms with Gasteiger partial charge >= 0.3 is 0 Å². The van der Waals surface area contributed by atoms with Crippen LogP contribution in [-0.4, -0.2) is 41.4 Å². The van der Waals surface area contributed by atoms with Crippen molar-refractivity contribution in [1.82, 2.24) is 4.90 Å². The van der Waals surface area contributed by atoms with Crippen molar-refractivity contribution in [2.75, 3.05) is 13.1 Å². The lowest BCUT2D eigenvalue weighted by molar-refractivity contribution is -0.134. The van der Waals surface area contributed by atoms with Crippen molar-refractivity contribution in [3.63, 3.8) is 0 Å². The fraction of sp³-hybridized carbons (Fsp3) is 0.875. The van der Waals surface area contributed by atoms with Gasteiger partial charge in [-0.25, -0.2) is 0 Å². The highest BCUT2D eigenvalue weighted by Gasteiger charge is 2.33. The molecule has 1 atom stereocenters. The van der Waals surface area contributed by atoms with Crippen LogP contribution < -0.4 is 0 Å². The van der Waals surface area contributed by atoms with Crippen molar-refractivity contribution >= 4 is 17.3 Å². The second-order valence-corrected chi connectivity index (χ2v) is 10.3. The minimum Gasteiger partial charge on any atom is -0.298 e.